The Balaban J connectivity index is 1.55. The van der Waals surface area contributed by atoms with Gasteiger partial charge in [-0.15, -0.1) is 0 Å². The fraction of sp³-hybridized carbons (Fsp3) is 0.136. The van der Waals surface area contributed by atoms with E-state index in [1.165, 1.54) is 33.4 Å². The molecule has 0 spiro atoms. The summed E-state index contributed by atoms with van der Waals surface area (Å²) in [7, 11) is 0. The van der Waals surface area contributed by atoms with Gasteiger partial charge >= 0.3 is 0 Å². The molecule has 0 unspecified atom stereocenters. The summed E-state index contributed by atoms with van der Waals surface area (Å²) in [5.41, 5.74) is 20.1. The van der Waals surface area contributed by atoms with Crippen LogP contribution < -0.4 is 0 Å². The fourth-order valence-corrected chi connectivity index (χ4v) is 7.87. The summed E-state index contributed by atoms with van der Waals surface area (Å²) in [5.74, 6) is 0. The maximum atomic E-state index is 11.6. The Hall–Kier alpha value is -6.34. The molecule has 7 nitrogen and oxygen atoms in total. The molecule has 0 fully saturated rings. The first-order valence-corrected chi connectivity index (χ1v) is 17.1. The van der Waals surface area contributed by atoms with Crippen LogP contribution in [0.5, 0.6) is 0 Å². The summed E-state index contributed by atoms with van der Waals surface area (Å²) in [6, 6.07) is 26.0. The van der Waals surface area contributed by atoms with Gasteiger partial charge in [0.05, 0.1) is 27.7 Å². The SMILES string of the molecule is Cc1cc(C)c(-c2c3nc(c(-c4ccc([N+](=O)[O-])cc4)c4ccc([nH]4)c(-c4c(C)cc(C)cc4C)c4nc(cc5ccc2[nH]5)C=C4)C=C3)c(C)c1. The molecule has 3 aromatic heterocycles. The second kappa shape index (κ2) is 12.2. The summed E-state index contributed by atoms with van der Waals surface area (Å²) < 4.78 is 0. The lowest BCUT2D eigenvalue weighted by molar-refractivity contribution is -0.384. The van der Waals surface area contributed by atoms with Gasteiger partial charge in [-0.25, -0.2) is 9.97 Å². The van der Waals surface area contributed by atoms with Gasteiger partial charge in [-0.1, -0.05) is 35.4 Å². The van der Waals surface area contributed by atoms with Crippen LogP contribution in [-0.4, -0.2) is 24.9 Å². The number of fused-ring (bicyclic) bond motifs is 8. The highest BCUT2D eigenvalue weighted by Crippen LogP contribution is 2.39. The zero-order valence-electron chi connectivity index (χ0n) is 29.5. The van der Waals surface area contributed by atoms with Crippen LogP contribution in [0.2, 0.25) is 0 Å². The Kier molecular flexibility index (Phi) is 7.64. The molecule has 6 aromatic rings. The number of hydrogen-bond donors (Lipinski definition) is 2. The van der Waals surface area contributed by atoms with Gasteiger partial charge < -0.3 is 9.97 Å². The number of aryl methyl sites for hydroxylation is 6. The molecule has 5 heterocycles. The second-order valence-electron chi connectivity index (χ2n) is 13.7. The molecule has 250 valence electrons. The number of hydrogen-bond acceptors (Lipinski definition) is 4. The van der Waals surface area contributed by atoms with Gasteiger partial charge in [0.1, 0.15) is 0 Å². The average Bonchev–Trinajstić information content (AvgIpc) is 3.90. The van der Waals surface area contributed by atoms with Crippen LogP contribution in [-0.2, 0) is 0 Å². The van der Waals surface area contributed by atoms with E-state index in [1.54, 1.807) is 24.3 Å². The molecule has 0 saturated carbocycles. The van der Waals surface area contributed by atoms with Gasteiger partial charge in [-0.05, 0) is 147 Å². The molecule has 2 N–H and O–H groups in total. The van der Waals surface area contributed by atoms with Crippen LogP contribution in [0.1, 0.15) is 56.2 Å². The Labute approximate surface area is 296 Å². The molecule has 8 bridgehead atoms. The van der Waals surface area contributed by atoms with Gasteiger partial charge in [-0.3, -0.25) is 10.1 Å². The molecule has 51 heavy (non-hydrogen) atoms. The van der Waals surface area contributed by atoms with Crippen LogP contribution in [0.4, 0.5) is 5.69 Å². The monoisotopic (exact) mass is 667 g/mol. The molecule has 0 saturated heterocycles. The van der Waals surface area contributed by atoms with Crippen molar-refractivity contribution in [2.24, 2.45) is 0 Å². The topological polar surface area (TPSA) is 100 Å². The van der Waals surface area contributed by atoms with Crippen LogP contribution in [0.3, 0.4) is 0 Å². The lowest BCUT2D eigenvalue weighted by atomic mass is 9.92. The predicted octanol–water partition coefficient (Wildman–Crippen LogP) is 11.4. The molecule has 0 atom stereocenters. The molecular formula is C44H37N5O2. The number of nitrogens with zero attached hydrogens (tertiary/aromatic N) is 3. The molecule has 3 aromatic carbocycles. The van der Waals surface area contributed by atoms with E-state index in [0.29, 0.717) is 0 Å². The van der Waals surface area contributed by atoms with Crippen molar-refractivity contribution in [1.29, 1.82) is 0 Å². The number of nitro benzene ring substituents is 1. The molecule has 0 aliphatic carbocycles. The third-order valence-electron chi connectivity index (χ3n) is 9.80. The highest BCUT2D eigenvalue weighted by atomic mass is 16.6. The maximum absolute atomic E-state index is 11.6. The highest BCUT2D eigenvalue weighted by molar-refractivity contribution is 5.98. The van der Waals surface area contributed by atoms with E-state index in [1.807, 2.05) is 6.08 Å². The van der Waals surface area contributed by atoms with Crippen molar-refractivity contribution in [1.82, 2.24) is 19.9 Å². The van der Waals surface area contributed by atoms with Crippen molar-refractivity contribution in [3.05, 3.63) is 145 Å². The first-order chi connectivity index (χ1) is 24.5. The third kappa shape index (κ3) is 5.66. The van der Waals surface area contributed by atoms with E-state index in [2.05, 4.69) is 124 Å². The molecule has 0 radical (unpaired) electrons. The number of benzene rings is 3. The fourth-order valence-electron chi connectivity index (χ4n) is 7.87. The van der Waals surface area contributed by atoms with E-state index >= 15 is 0 Å². The summed E-state index contributed by atoms with van der Waals surface area (Å²) in [6.07, 6.45) is 8.27. The Bertz CT molecular complexity index is 2570. The maximum Gasteiger partial charge on any atom is 0.269 e. The largest absolute Gasteiger partial charge is 0.355 e. The van der Waals surface area contributed by atoms with Crippen molar-refractivity contribution in [3.8, 4) is 33.4 Å². The van der Waals surface area contributed by atoms with Gasteiger partial charge in [0.15, 0.2) is 0 Å². The van der Waals surface area contributed by atoms with Gasteiger partial charge in [0, 0.05) is 50.9 Å². The van der Waals surface area contributed by atoms with Crippen LogP contribution in [0.15, 0.2) is 78.9 Å². The molecule has 2 aliphatic rings. The number of aromatic nitrogens is 4. The summed E-state index contributed by atoms with van der Waals surface area (Å²) in [5, 5.41) is 11.6. The van der Waals surface area contributed by atoms with E-state index in [9.17, 15) is 10.1 Å². The van der Waals surface area contributed by atoms with Crippen molar-refractivity contribution >= 4 is 52.1 Å². The number of nitro groups is 1. The predicted molar refractivity (Wildman–Crippen MR) is 210 cm³/mol. The van der Waals surface area contributed by atoms with Gasteiger partial charge in [0.25, 0.3) is 5.69 Å². The Morgan fingerprint density at radius 3 is 1.55 bits per heavy atom. The van der Waals surface area contributed by atoms with E-state index in [4.69, 9.17) is 9.97 Å². The van der Waals surface area contributed by atoms with Crippen molar-refractivity contribution in [2.75, 3.05) is 0 Å². The minimum atomic E-state index is -0.372. The first-order valence-electron chi connectivity index (χ1n) is 17.1. The molecule has 7 heteroatoms. The summed E-state index contributed by atoms with van der Waals surface area (Å²) in [4.78, 5) is 29.2. The van der Waals surface area contributed by atoms with Crippen LogP contribution in [0, 0.1) is 51.7 Å². The second-order valence-corrected chi connectivity index (χ2v) is 13.7. The Morgan fingerprint density at radius 2 is 0.980 bits per heavy atom. The standard InChI is InChI=1S/C44H37N5O2/c1-24-19-26(3)40(27(4)20-24)43-36-13-9-31(45-36)23-32-10-14-37(46-32)44(41-28(5)21-25(2)22-29(41)6)39-18-16-35(48-39)42(34-15-17-38(43)47-34)30-7-11-33(12-8-30)49(50)51/h7-23,45,48H,1-6H3. The van der Waals surface area contributed by atoms with E-state index in [-0.39, 0.29) is 10.6 Å². The zero-order chi connectivity index (χ0) is 35.6. The van der Waals surface area contributed by atoms with Crippen LogP contribution >= 0.6 is 0 Å². The molecular weight excluding hydrogens is 631 g/mol. The smallest absolute Gasteiger partial charge is 0.269 e. The summed E-state index contributed by atoms with van der Waals surface area (Å²) >= 11 is 0. The highest BCUT2D eigenvalue weighted by Gasteiger charge is 2.20. The minimum absolute atomic E-state index is 0.0372. The first kappa shape index (κ1) is 31.9. The van der Waals surface area contributed by atoms with E-state index < -0.39 is 0 Å². The van der Waals surface area contributed by atoms with Crippen molar-refractivity contribution in [3.63, 3.8) is 0 Å². The molecule has 8 rings (SSSR count). The lowest BCUT2D eigenvalue weighted by Gasteiger charge is -2.13. The number of nitrogens with one attached hydrogen (secondary N) is 2. The van der Waals surface area contributed by atoms with Gasteiger partial charge in [-0.2, -0.15) is 0 Å². The summed E-state index contributed by atoms with van der Waals surface area (Å²) in [6.45, 7) is 12.8. The number of rotatable bonds is 4. The Morgan fingerprint density at radius 1 is 0.510 bits per heavy atom. The number of aromatic amines is 2. The third-order valence-corrected chi connectivity index (χ3v) is 9.80. The quantitative estimate of drug-likeness (QED) is 0.144. The van der Waals surface area contributed by atoms with Crippen LogP contribution in [0.25, 0.3) is 79.8 Å². The number of H-pyrrole nitrogens is 2. The van der Waals surface area contributed by atoms with E-state index in [0.717, 1.165) is 78.2 Å². The van der Waals surface area contributed by atoms with Gasteiger partial charge in [0.2, 0.25) is 0 Å². The van der Waals surface area contributed by atoms with Crippen molar-refractivity contribution < 1.29 is 4.92 Å². The average molecular weight is 668 g/mol. The minimum Gasteiger partial charge on any atom is -0.355 e. The lowest BCUT2D eigenvalue weighted by Crippen LogP contribution is -1.94. The van der Waals surface area contributed by atoms with Crippen molar-refractivity contribution in [2.45, 2.75) is 41.5 Å². The normalized spacial score (nSPS) is 12.1. The zero-order valence-corrected chi connectivity index (χ0v) is 29.5. The molecule has 2 aliphatic heterocycles. The number of non-ortho nitro benzene ring substituents is 1. The molecule has 0 amide bonds.